The number of hydrogen-bond donors (Lipinski definition) is 1. The van der Waals surface area contributed by atoms with Crippen molar-refractivity contribution in [2.75, 3.05) is 0 Å². The van der Waals surface area contributed by atoms with Crippen LogP contribution in [-0.4, -0.2) is 5.91 Å². The van der Waals surface area contributed by atoms with E-state index >= 15 is 0 Å². The zero-order valence-electron chi connectivity index (χ0n) is 11.3. The number of carbonyl (C=O) groups excluding carboxylic acids is 1. The lowest BCUT2D eigenvalue weighted by Crippen LogP contribution is -2.31. The predicted molar refractivity (Wildman–Crippen MR) is 74.7 cm³/mol. The maximum absolute atomic E-state index is 12.0. The number of aryl methyl sites for hydroxylation is 1. The molecule has 1 N–H and O–H groups in total. The summed E-state index contributed by atoms with van der Waals surface area (Å²) in [7, 11) is 0. The van der Waals surface area contributed by atoms with Gasteiger partial charge in [-0.05, 0) is 30.0 Å². The number of fused-ring (bicyclic) bond motifs is 1. The van der Waals surface area contributed by atoms with Gasteiger partial charge < -0.3 is 5.32 Å². The molecule has 1 aliphatic rings. The first-order valence-electron chi connectivity index (χ1n) is 6.30. The van der Waals surface area contributed by atoms with E-state index in [9.17, 15) is 4.79 Å². The molecule has 1 amide bonds. The second kappa shape index (κ2) is 5.16. The van der Waals surface area contributed by atoms with E-state index in [4.69, 9.17) is 5.53 Å². The number of benzene rings is 1. The molecule has 1 unspecified atom stereocenters. The van der Waals surface area contributed by atoms with E-state index in [-0.39, 0.29) is 11.8 Å². The van der Waals surface area contributed by atoms with Crippen LogP contribution in [-0.2, 0) is 4.79 Å². The molecule has 19 heavy (non-hydrogen) atoms. The molecule has 0 spiro atoms. The summed E-state index contributed by atoms with van der Waals surface area (Å²) in [6.45, 7) is 5.81. The van der Waals surface area contributed by atoms with Crippen LogP contribution < -0.4 is 5.32 Å². The molecule has 0 saturated heterocycles. The van der Waals surface area contributed by atoms with Gasteiger partial charge in [0.1, 0.15) is 0 Å². The minimum absolute atomic E-state index is 0.0444. The third-order valence-corrected chi connectivity index (χ3v) is 3.47. The predicted octanol–water partition coefficient (Wildman–Crippen LogP) is 3.61. The number of nitrogens with zero attached hydrogens (tertiary/aromatic N) is 3. The fourth-order valence-corrected chi connectivity index (χ4v) is 2.09. The smallest absolute Gasteiger partial charge is 0.227 e. The average Bonchev–Trinajstić information content (AvgIpc) is 2.41. The molecule has 1 aliphatic carbocycles. The van der Waals surface area contributed by atoms with Crippen LogP contribution in [0.4, 0.5) is 0 Å². The summed E-state index contributed by atoms with van der Waals surface area (Å²) in [5, 5.41) is 6.55. The van der Waals surface area contributed by atoms with Crippen molar-refractivity contribution in [2.45, 2.75) is 27.2 Å². The van der Waals surface area contributed by atoms with Gasteiger partial charge in [-0.25, -0.2) is 0 Å². The van der Waals surface area contributed by atoms with E-state index in [0.717, 1.165) is 23.1 Å². The first-order chi connectivity index (χ1) is 9.10. The maximum Gasteiger partial charge on any atom is 0.227 e. The summed E-state index contributed by atoms with van der Waals surface area (Å²) >= 11 is 0. The first-order valence-corrected chi connectivity index (χ1v) is 6.30. The Kier molecular flexibility index (Phi) is 3.58. The molecule has 0 heterocycles. The highest BCUT2D eigenvalue weighted by molar-refractivity contribution is 6.08. The second-order valence-electron chi connectivity index (χ2n) is 4.71. The topological polar surface area (TPSA) is 77.9 Å². The van der Waals surface area contributed by atoms with Gasteiger partial charge in [0.15, 0.2) is 0 Å². The zero-order valence-corrected chi connectivity index (χ0v) is 11.3. The van der Waals surface area contributed by atoms with Crippen molar-refractivity contribution < 1.29 is 4.79 Å². The monoisotopic (exact) mass is 256 g/mol. The van der Waals surface area contributed by atoms with Crippen molar-refractivity contribution in [2.24, 2.45) is 11.0 Å². The molecule has 0 radical (unpaired) electrons. The minimum Gasteiger partial charge on any atom is -0.325 e. The van der Waals surface area contributed by atoms with Gasteiger partial charge >= 0.3 is 0 Å². The normalized spacial score (nSPS) is 14.1. The summed E-state index contributed by atoms with van der Waals surface area (Å²) in [6.07, 6.45) is 0.774. The van der Waals surface area contributed by atoms with Crippen molar-refractivity contribution in [1.29, 1.82) is 0 Å². The van der Waals surface area contributed by atoms with E-state index in [1.165, 1.54) is 0 Å². The molecule has 0 aromatic heterocycles. The summed E-state index contributed by atoms with van der Waals surface area (Å²) in [5.74, 6) is -0.107. The molecule has 2 rings (SSSR count). The van der Waals surface area contributed by atoms with Crippen molar-refractivity contribution in [3.05, 3.63) is 45.3 Å². The van der Waals surface area contributed by atoms with Crippen LogP contribution in [0.3, 0.4) is 0 Å². The van der Waals surface area contributed by atoms with Gasteiger partial charge in [0.25, 0.3) is 0 Å². The van der Waals surface area contributed by atoms with Crippen LogP contribution in [0.2, 0.25) is 0 Å². The van der Waals surface area contributed by atoms with E-state index in [1.54, 1.807) is 0 Å². The van der Waals surface area contributed by atoms with Gasteiger partial charge in [-0.15, -0.1) is 0 Å². The lowest BCUT2D eigenvalue weighted by Gasteiger charge is -2.28. The van der Waals surface area contributed by atoms with E-state index in [1.807, 2.05) is 39.0 Å². The van der Waals surface area contributed by atoms with E-state index in [0.29, 0.717) is 11.4 Å². The molecule has 5 heteroatoms. The number of nitrogens with one attached hydrogen (secondary N) is 1. The average molecular weight is 256 g/mol. The Bertz CT molecular complexity index is 612. The van der Waals surface area contributed by atoms with Crippen LogP contribution in [0.15, 0.2) is 23.3 Å². The van der Waals surface area contributed by atoms with Crippen molar-refractivity contribution in [3.63, 3.8) is 0 Å². The highest BCUT2D eigenvalue weighted by atomic mass is 16.1. The van der Waals surface area contributed by atoms with Crippen LogP contribution in [0.5, 0.6) is 0 Å². The van der Waals surface area contributed by atoms with Crippen LogP contribution in [0.25, 0.3) is 21.8 Å². The number of rotatable bonds is 4. The highest BCUT2D eigenvalue weighted by Gasteiger charge is 2.28. The molecule has 0 aliphatic heterocycles. The summed E-state index contributed by atoms with van der Waals surface area (Å²) < 4.78 is 0. The van der Waals surface area contributed by atoms with E-state index in [2.05, 4.69) is 15.3 Å². The number of azide groups is 1. The van der Waals surface area contributed by atoms with Crippen molar-refractivity contribution in [1.82, 2.24) is 5.32 Å². The SMILES string of the molecule is CCC(C)C(=O)NC1=C(N=[N+]=[N-])c2cccc(C)c21. The fourth-order valence-electron chi connectivity index (χ4n) is 2.09. The maximum atomic E-state index is 12.0. The molecule has 1 aromatic rings. The van der Waals surface area contributed by atoms with Crippen LogP contribution in [0.1, 0.15) is 37.0 Å². The fraction of sp³-hybridized carbons (Fsp3) is 0.357. The molecule has 0 fully saturated rings. The van der Waals surface area contributed by atoms with Gasteiger partial charge in [-0.1, -0.05) is 37.2 Å². The van der Waals surface area contributed by atoms with Crippen LogP contribution >= 0.6 is 0 Å². The highest BCUT2D eigenvalue weighted by Crippen LogP contribution is 2.41. The molecule has 0 bridgehead atoms. The molecule has 0 saturated carbocycles. The van der Waals surface area contributed by atoms with E-state index < -0.39 is 0 Å². The Balaban J connectivity index is 2.36. The molecular formula is C14H16N4O. The summed E-state index contributed by atoms with van der Waals surface area (Å²) in [5.41, 5.74) is 12.7. The second-order valence-corrected chi connectivity index (χ2v) is 4.71. The number of hydrogen-bond acceptors (Lipinski definition) is 2. The molecule has 1 aromatic carbocycles. The third kappa shape index (κ3) is 2.20. The Morgan fingerprint density at radius 3 is 2.89 bits per heavy atom. The first kappa shape index (κ1) is 13.2. The number of amides is 1. The largest absolute Gasteiger partial charge is 0.325 e. The molecule has 1 atom stereocenters. The quantitative estimate of drug-likeness (QED) is 0.498. The standard InChI is InChI=1S/C14H16N4O/c1-4-8(2)14(19)16-13-11-9(3)6-5-7-10(11)12(13)17-18-15/h5-8H,4H2,1-3H3,(H,16,19). The Morgan fingerprint density at radius 1 is 1.53 bits per heavy atom. The Labute approximate surface area is 112 Å². The number of carbonyl (C=O) groups is 1. The lowest BCUT2D eigenvalue weighted by molar-refractivity contribution is -0.123. The summed E-state index contributed by atoms with van der Waals surface area (Å²) in [4.78, 5) is 14.8. The zero-order chi connectivity index (χ0) is 14.0. The van der Waals surface area contributed by atoms with Gasteiger partial charge in [-0.3, -0.25) is 4.79 Å². The summed E-state index contributed by atoms with van der Waals surface area (Å²) in [6, 6.07) is 5.78. The van der Waals surface area contributed by atoms with Gasteiger partial charge in [0.2, 0.25) is 5.91 Å². The Morgan fingerprint density at radius 2 is 2.26 bits per heavy atom. The third-order valence-electron chi connectivity index (χ3n) is 3.47. The van der Waals surface area contributed by atoms with Gasteiger partial charge in [0.05, 0.1) is 11.4 Å². The lowest BCUT2D eigenvalue weighted by atomic mass is 9.86. The van der Waals surface area contributed by atoms with Crippen molar-refractivity contribution in [3.8, 4) is 0 Å². The van der Waals surface area contributed by atoms with Gasteiger partial charge in [-0.2, -0.15) is 0 Å². The van der Waals surface area contributed by atoms with Gasteiger partial charge in [0, 0.05) is 16.4 Å². The molecule has 5 nitrogen and oxygen atoms in total. The molecular weight excluding hydrogens is 240 g/mol. The molecule has 98 valence electrons. The Hall–Kier alpha value is -2.26. The van der Waals surface area contributed by atoms with Crippen molar-refractivity contribution >= 4 is 17.3 Å². The minimum atomic E-state index is -0.0621. The van der Waals surface area contributed by atoms with Crippen LogP contribution in [0, 0.1) is 12.8 Å².